The predicted octanol–water partition coefficient (Wildman–Crippen LogP) is 1.25. The largest absolute Gasteiger partial charge is 0.496 e. The van der Waals surface area contributed by atoms with E-state index in [1.807, 2.05) is 6.92 Å². The van der Waals surface area contributed by atoms with E-state index in [1.54, 1.807) is 25.2 Å². The summed E-state index contributed by atoms with van der Waals surface area (Å²) in [5, 5.41) is 4.39. The van der Waals surface area contributed by atoms with Crippen LogP contribution in [0.3, 0.4) is 0 Å². The summed E-state index contributed by atoms with van der Waals surface area (Å²) in [6.07, 6.45) is 1.58. The maximum atomic E-state index is 11.8. The van der Waals surface area contributed by atoms with Crippen molar-refractivity contribution >= 4 is 11.8 Å². The number of amides is 2. The number of methoxy groups -OCH3 is 1. The lowest BCUT2D eigenvalue weighted by atomic mass is 9.98. The monoisotopic (exact) mass is 316 g/mol. The minimum Gasteiger partial charge on any atom is -0.496 e. The van der Waals surface area contributed by atoms with Crippen LogP contribution in [-0.2, 0) is 13.5 Å². The minimum atomic E-state index is -0.580. The lowest BCUT2D eigenvalue weighted by molar-refractivity contribution is 0.0985. The van der Waals surface area contributed by atoms with Gasteiger partial charge in [0.15, 0.2) is 0 Å². The fourth-order valence-corrected chi connectivity index (χ4v) is 2.63. The van der Waals surface area contributed by atoms with E-state index in [0.29, 0.717) is 29.0 Å². The molecule has 2 aromatic rings. The molecule has 1 heterocycles. The SMILES string of the molecule is CCCc1nn(C)c(C(N)=O)c1-c1ccc(C(N)=O)c(OC)c1. The maximum Gasteiger partial charge on any atom is 0.267 e. The van der Waals surface area contributed by atoms with Crippen LogP contribution in [-0.4, -0.2) is 28.7 Å². The molecule has 0 unspecified atom stereocenters. The van der Waals surface area contributed by atoms with Gasteiger partial charge in [-0.3, -0.25) is 14.3 Å². The number of nitrogens with zero attached hydrogens (tertiary/aromatic N) is 2. The van der Waals surface area contributed by atoms with Crippen LogP contribution in [0.15, 0.2) is 18.2 Å². The van der Waals surface area contributed by atoms with E-state index in [-0.39, 0.29) is 5.56 Å². The van der Waals surface area contributed by atoms with Crippen molar-refractivity contribution in [2.75, 3.05) is 7.11 Å². The van der Waals surface area contributed by atoms with E-state index < -0.39 is 11.8 Å². The third-order valence-electron chi connectivity index (χ3n) is 3.60. The summed E-state index contributed by atoms with van der Waals surface area (Å²) in [5.74, 6) is -0.796. The highest BCUT2D eigenvalue weighted by molar-refractivity contribution is 6.00. The Morgan fingerprint density at radius 3 is 2.48 bits per heavy atom. The number of hydrogen-bond donors (Lipinski definition) is 2. The van der Waals surface area contributed by atoms with Crippen molar-refractivity contribution in [1.29, 1.82) is 0 Å². The number of benzene rings is 1. The summed E-state index contributed by atoms with van der Waals surface area (Å²) < 4.78 is 6.71. The van der Waals surface area contributed by atoms with Gasteiger partial charge in [0, 0.05) is 12.6 Å². The number of primary amides is 2. The van der Waals surface area contributed by atoms with Gasteiger partial charge in [-0.1, -0.05) is 19.4 Å². The first kappa shape index (κ1) is 16.5. The smallest absolute Gasteiger partial charge is 0.267 e. The molecule has 0 atom stereocenters. The second-order valence-electron chi connectivity index (χ2n) is 5.19. The number of aromatic nitrogens is 2. The summed E-state index contributed by atoms with van der Waals surface area (Å²) in [7, 11) is 3.13. The minimum absolute atomic E-state index is 0.276. The topological polar surface area (TPSA) is 113 Å². The second-order valence-corrected chi connectivity index (χ2v) is 5.19. The van der Waals surface area contributed by atoms with Crippen LogP contribution >= 0.6 is 0 Å². The van der Waals surface area contributed by atoms with Crippen molar-refractivity contribution in [2.24, 2.45) is 18.5 Å². The number of carbonyl (C=O) groups excluding carboxylic acids is 2. The number of ether oxygens (including phenoxy) is 1. The summed E-state index contributed by atoms with van der Waals surface area (Å²) in [5.41, 5.74) is 13.6. The lowest BCUT2D eigenvalue weighted by Gasteiger charge is -2.10. The fourth-order valence-electron chi connectivity index (χ4n) is 2.63. The highest BCUT2D eigenvalue weighted by Crippen LogP contribution is 2.32. The summed E-state index contributed by atoms with van der Waals surface area (Å²) in [6.45, 7) is 2.03. The van der Waals surface area contributed by atoms with Crippen LogP contribution < -0.4 is 16.2 Å². The quantitative estimate of drug-likeness (QED) is 0.834. The third kappa shape index (κ3) is 3.03. The molecule has 0 spiro atoms. The van der Waals surface area contributed by atoms with Crippen LogP contribution in [0.1, 0.15) is 39.9 Å². The van der Waals surface area contributed by atoms with Crippen LogP contribution in [0, 0.1) is 0 Å². The van der Waals surface area contributed by atoms with Gasteiger partial charge in [-0.2, -0.15) is 5.10 Å². The Labute approximate surface area is 134 Å². The third-order valence-corrected chi connectivity index (χ3v) is 3.60. The first-order chi connectivity index (χ1) is 10.9. The standard InChI is InChI=1S/C16H20N4O3/c1-4-5-11-13(14(16(18)22)20(2)19-11)9-6-7-10(15(17)21)12(8-9)23-3/h6-8H,4-5H2,1-3H3,(H2,17,21)(H2,18,22). The molecule has 7 heteroatoms. The fraction of sp³-hybridized carbons (Fsp3) is 0.312. The molecular weight excluding hydrogens is 296 g/mol. The summed E-state index contributed by atoms with van der Waals surface area (Å²) in [4.78, 5) is 23.2. The van der Waals surface area contributed by atoms with Gasteiger partial charge >= 0.3 is 0 Å². The van der Waals surface area contributed by atoms with Gasteiger partial charge < -0.3 is 16.2 Å². The molecule has 0 bridgehead atoms. The molecule has 0 saturated heterocycles. The van der Waals surface area contributed by atoms with E-state index in [0.717, 1.165) is 12.1 Å². The average Bonchev–Trinajstić information content (AvgIpc) is 2.83. The number of carbonyl (C=O) groups is 2. The Kier molecular flexibility index (Phi) is 4.68. The molecule has 4 N–H and O–H groups in total. The van der Waals surface area contributed by atoms with Crippen LogP contribution in [0.5, 0.6) is 5.75 Å². The van der Waals surface area contributed by atoms with Crippen molar-refractivity contribution in [2.45, 2.75) is 19.8 Å². The molecule has 0 aliphatic heterocycles. The van der Waals surface area contributed by atoms with Gasteiger partial charge in [0.25, 0.3) is 11.8 Å². The van der Waals surface area contributed by atoms with E-state index in [1.165, 1.54) is 11.8 Å². The molecule has 0 saturated carbocycles. The molecular formula is C16H20N4O3. The summed E-state index contributed by atoms with van der Waals surface area (Å²) in [6, 6.07) is 4.96. The first-order valence-corrected chi connectivity index (χ1v) is 7.24. The van der Waals surface area contributed by atoms with Gasteiger partial charge in [-0.15, -0.1) is 0 Å². The van der Waals surface area contributed by atoms with E-state index in [9.17, 15) is 9.59 Å². The molecule has 2 amide bonds. The Morgan fingerprint density at radius 2 is 1.96 bits per heavy atom. The van der Waals surface area contributed by atoms with Gasteiger partial charge in [0.05, 0.1) is 18.4 Å². The van der Waals surface area contributed by atoms with Crippen molar-refractivity contribution in [3.63, 3.8) is 0 Å². The number of hydrogen-bond acceptors (Lipinski definition) is 4. The molecule has 1 aromatic carbocycles. The number of nitrogens with two attached hydrogens (primary N) is 2. The maximum absolute atomic E-state index is 11.8. The zero-order chi connectivity index (χ0) is 17.1. The van der Waals surface area contributed by atoms with Crippen molar-refractivity contribution < 1.29 is 14.3 Å². The van der Waals surface area contributed by atoms with Crippen molar-refractivity contribution in [1.82, 2.24) is 9.78 Å². The first-order valence-electron chi connectivity index (χ1n) is 7.24. The summed E-state index contributed by atoms with van der Waals surface area (Å²) >= 11 is 0. The molecule has 0 aliphatic carbocycles. The van der Waals surface area contributed by atoms with Crippen molar-refractivity contribution in [3.8, 4) is 16.9 Å². The molecule has 1 aromatic heterocycles. The highest BCUT2D eigenvalue weighted by atomic mass is 16.5. The molecule has 0 fully saturated rings. The Morgan fingerprint density at radius 1 is 1.26 bits per heavy atom. The molecule has 122 valence electrons. The Bertz CT molecular complexity index is 765. The Hall–Kier alpha value is -2.83. The molecule has 2 rings (SSSR count). The van der Waals surface area contributed by atoms with E-state index in [2.05, 4.69) is 5.10 Å². The highest BCUT2D eigenvalue weighted by Gasteiger charge is 2.22. The zero-order valence-electron chi connectivity index (χ0n) is 13.4. The molecule has 0 radical (unpaired) electrons. The predicted molar refractivity (Wildman–Crippen MR) is 86.2 cm³/mol. The lowest BCUT2D eigenvalue weighted by Crippen LogP contribution is -2.17. The normalized spacial score (nSPS) is 10.6. The molecule has 0 aliphatic rings. The van der Waals surface area contributed by atoms with Crippen LogP contribution in [0.2, 0.25) is 0 Å². The average molecular weight is 316 g/mol. The molecule has 23 heavy (non-hydrogen) atoms. The van der Waals surface area contributed by atoms with E-state index in [4.69, 9.17) is 16.2 Å². The van der Waals surface area contributed by atoms with Crippen LogP contribution in [0.4, 0.5) is 0 Å². The van der Waals surface area contributed by atoms with Crippen LogP contribution in [0.25, 0.3) is 11.1 Å². The van der Waals surface area contributed by atoms with Gasteiger partial charge in [-0.05, 0) is 24.1 Å². The van der Waals surface area contributed by atoms with Crippen molar-refractivity contribution in [3.05, 3.63) is 35.2 Å². The number of aryl methyl sites for hydroxylation is 2. The van der Waals surface area contributed by atoms with Gasteiger partial charge in [0.2, 0.25) is 0 Å². The van der Waals surface area contributed by atoms with Gasteiger partial charge in [0.1, 0.15) is 11.4 Å². The Balaban J connectivity index is 2.70. The zero-order valence-corrected chi connectivity index (χ0v) is 13.4. The number of rotatable bonds is 6. The van der Waals surface area contributed by atoms with E-state index >= 15 is 0 Å². The molecule has 7 nitrogen and oxygen atoms in total. The second kappa shape index (κ2) is 6.51. The van der Waals surface area contributed by atoms with Gasteiger partial charge in [-0.25, -0.2) is 0 Å².